The third-order valence-electron chi connectivity index (χ3n) is 1.89. The fourth-order valence-electron chi connectivity index (χ4n) is 1.15. The molecule has 1 aromatic heterocycles. The van der Waals surface area contributed by atoms with Crippen LogP contribution in [0, 0.1) is 5.82 Å². The van der Waals surface area contributed by atoms with E-state index >= 15 is 0 Å². The van der Waals surface area contributed by atoms with E-state index in [4.69, 9.17) is 10.5 Å². The Labute approximate surface area is 100 Å². The number of pyridine rings is 1. The largest absolute Gasteiger partial charge is 0.437 e. The summed E-state index contributed by atoms with van der Waals surface area (Å²) in [6, 6.07) is 7.95. The van der Waals surface area contributed by atoms with Gasteiger partial charge in [0, 0.05) is 10.5 Å². The van der Waals surface area contributed by atoms with Crippen LogP contribution in [0.4, 0.5) is 10.1 Å². The van der Waals surface area contributed by atoms with Crippen LogP contribution in [0.5, 0.6) is 11.6 Å². The molecule has 1 heterocycles. The standard InChI is InChI=1S/C11H8BrFN2O/c12-7-1-3-10(9(14)5-7)16-11-4-2-8(13)6-15-11/h1-6H,14H2. The van der Waals surface area contributed by atoms with Gasteiger partial charge in [-0.05, 0) is 24.3 Å². The molecule has 0 saturated heterocycles. The second kappa shape index (κ2) is 4.49. The third kappa shape index (κ3) is 2.49. The van der Waals surface area contributed by atoms with Gasteiger partial charge in [-0.2, -0.15) is 0 Å². The predicted octanol–water partition coefficient (Wildman–Crippen LogP) is 3.36. The Bertz CT molecular complexity index is 502. The molecule has 82 valence electrons. The van der Waals surface area contributed by atoms with Crippen molar-refractivity contribution in [3.8, 4) is 11.6 Å². The summed E-state index contributed by atoms with van der Waals surface area (Å²) in [5, 5.41) is 0. The van der Waals surface area contributed by atoms with Crippen LogP contribution in [-0.2, 0) is 0 Å². The third-order valence-corrected chi connectivity index (χ3v) is 2.38. The molecule has 16 heavy (non-hydrogen) atoms. The first-order chi connectivity index (χ1) is 7.65. The van der Waals surface area contributed by atoms with Gasteiger partial charge in [-0.25, -0.2) is 9.37 Å². The molecule has 0 aliphatic heterocycles. The molecule has 2 N–H and O–H groups in total. The van der Waals surface area contributed by atoms with E-state index in [-0.39, 0.29) is 0 Å². The van der Waals surface area contributed by atoms with E-state index in [9.17, 15) is 4.39 Å². The summed E-state index contributed by atoms with van der Waals surface area (Å²) >= 11 is 3.29. The van der Waals surface area contributed by atoms with E-state index in [1.807, 2.05) is 0 Å². The summed E-state index contributed by atoms with van der Waals surface area (Å²) in [7, 11) is 0. The van der Waals surface area contributed by atoms with Crippen molar-refractivity contribution in [2.24, 2.45) is 0 Å². The van der Waals surface area contributed by atoms with Gasteiger partial charge in [0.15, 0.2) is 5.75 Å². The summed E-state index contributed by atoms with van der Waals surface area (Å²) in [5.41, 5.74) is 6.23. The van der Waals surface area contributed by atoms with Gasteiger partial charge in [-0.15, -0.1) is 0 Å². The maximum atomic E-state index is 12.6. The lowest BCUT2D eigenvalue weighted by Gasteiger charge is -2.07. The lowest BCUT2D eigenvalue weighted by atomic mass is 10.3. The molecule has 0 unspecified atom stereocenters. The van der Waals surface area contributed by atoms with Crippen LogP contribution in [0.2, 0.25) is 0 Å². The number of anilines is 1. The smallest absolute Gasteiger partial charge is 0.219 e. The van der Waals surface area contributed by atoms with Crippen molar-refractivity contribution < 1.29 is 9.13 Å². The summed E-state index contributed by atoms with van der Waals surface area (Å²) in [6.07, 6.45) is 1.09. The zero-order chi connectivity index (χ0) is 11.5. The minimum Gasteiger partial charge on any atom is -0.437 e. The Morgan fingerprint density at radius 1 is 1.25 bits per heavy atom. The highest BCUT2D eigenvalue weighted by Crippen LogP contribution is 2.28. The van der Waals surface area contributed by atoms with Gasteiger partial charge in [-0.1, -0.05) is 15.9 Å². The molecular formula is C11H8BrFN2O. The molecule has 2 aromatic rings. The van der Waals surface area contributed by atoms with Crippen molar-refractivity contribution in [1.82, 2.24) is 4.98 Å². The van der Waals surface area contributed by atoms with Gasteiger partial charge in [-0.3, -0.25) is 0 Å². The SMILES string of the molecule is Nc1cc(Br)ccc1Oc1ccc(F)cn1. The van der Waals surface area contributed by atoms with Crippen molar-refractivity contribution in [3.05, 3.63) is 46.8 Å². The number of benzene rings is 1. The topological polar surface area (TPSA) is 48.1 Å². The van der Waals surface area contributed by atoms with Crippen LogP contribution in [0.25, 0.3) is 0 Å². The summed E-state index contributed by atoms with van der Waals surface area (Å²) in [5.74, 6) is 0.383. The number of nitrogens with zero attached hydrogens (tertiary/aromatic N) is 1. The van der Waals surface area contributed by atoms with Crippen LogP contribution >= 0.6 is 15.9 Å². The quantitative estimate of drug-likeness (QED) is 0.860. The molecule has 1 aromatic carbocycles. The summed E-state index contributed by atoms with van der Waals surface area (Å²) < 4.78 is 18.9. The maximum absolute atomic E-state index is 12.6. The number of nitrogen functional groups attached to an aromatic ring is 1. The van der Waals surface area contributed by atoms with Crippen molar-refractivity contribution in [1.29, 1.82) is 0 Å². The predicted molar refractivity (Wildman–Crippen MR) is 62.8 cm³/mol. The van der Waals surface area contributed by atoms with Gasteiger partial charge in [0.25, 0.3) is 0 Å². The molecule has 2 rings (SSSR count). The molecular weight excluding hydrogens is 275 g/mol. The van der Waals surface area contributed by atoms with E-state index in [1.54, 1.807) is 18.2 Å². The zero-order valence-electron chi connectivity index (χ0n) is 8.15. The molecule has 0 aliphatic carbocycles. The van der Waals surface area contributed by atoms with Crippen molar-refractivity contribution in [3.63, 3.8) is 0 Å². The molecule has 0 aliphatic rings. The molecule has 5 heteroatoms. The first-order valence-corrected chi connectivity index (χ1v) is 5.29. The van der Waals surface area contributed by atoms with Crippen LogP contribution in [-0.4, -0.2) is 4.98 Å². The molecule has 0 saturated carbocycles. The number of ether oxygens (including phenoxy) is 1. The van der Waals surface area contributed by atoms with Crippen LogP contribution in [0.1, 0.15) is 0 Å². The first kappa shape index (κ1) is 10.9. The number of rotatable bonds is 2. The Balaban J connectivity index is 2.23. The van der Waals surface area contributed by atoms with Crippen molar-refractivity contribution in [2.45, 2.75) is 0 Å². The van der Waals surface area contributed by atoms with E-state index in [0.717, 1.165) is 10.7 Å². The molecule has 0 radical (unpaired) electrons. The molecule has 0 fully saturated rings. The van der Waals surface area contributed by atoms with Crippen molar-refractivity contribution in [2.75, 3.05) is 5.73 Å². The van der Waals surface area contributed by atoms with E-state index < -0.39 is 5.82 Å². The minimum atomic E-state index is -0.406. The lowest BCUT2D eigenvalue weighted by Crippen LogP contribution is -1.93. The second-order valence-corrected chi connectivity index (χ2v) is 4.01. The second-order valence-electron chi connectivity index (χ2n) is 3.10. The highest BCUT2D eigenvalue weighted by atomic mass is 79.9. The summed E-state index contributed by atoms with van der Waals surface area (Å²) in [4.78, 5) is 3.77. The number of hydrogen-bond donors (Lipinski definition) is 1. The fourth-order valence-corrected chi connectivity index (χ4v) is 1.53. The Hall–Kier alpha value is -1.62. The van der Waals surface area contributed by atoms with Gasteiger partial charge >= 0.3 is 0 Å². The lowest BCUT2D eigenvalue weighted by molar-refractivity contribution is 0.461. The van der Waals surface area contributed by atoms with Gasteiger partial charge < -0.3 is 10.5 Å². The summed E-state index contributed by atoms with van der Waals surface area (Å²) in [6.45, 7) is 0. The Kier molecular flexibility index (Phi) is 3.05. The average Bonchev–Trinajstić information content (AvgIpc) is 2.25. The molecule has 0 spiro atoms. The van der Waals surface area contributed by atoms with Gasteiger partial charge in [0.2, 0.25) is 5.88 Å². The highest BCUT2D eigenvalue weighted by Gasteiger charge is 2.03. The van der Waals surface area contributed by atoms with Crippen LogP contribution in [0.3, 0.4) is 0 Å². The van der Waals surface area contributed by atoms with E-state index in [1.165, 1.54) is 12.1 Å². The monoisotopic (exact) mass is 282 g/mol. The normalized spacial score (nSPS) is 10.1. The molecule has 0 bridgehead atoms. The number of nitrogens with two attached hydrogens (primary N) is 1. The number of halogens is 2. The van der Waals surface area contributed by atoms with Gasteiger partial charge in [0.05, 0.1) is 11.9 Å². The van der Waals surface area contributed by atoms with Crippen LogP contribution in [0.15, 0.2) is 41.0 Å². The molecule has 0 amide bonds. The zero-order valence-corrected chi connectivity index (χ0v) is 9.74. The van der Waals surface area contributed by atoms with Gasteiger partial charge in [0.1, 0.15) is 5.82 Å². The fraction of sp³-hybridized carbons (Fsp3) is 0. The molecule has 0 atom stereocenters. The Morgan fingerprint density at radius 2 is 2.06 bits per heavy atom. The van der Waals surface area contributed by atoms with Crippen molar-refractivity contribution >= 4 is 21.6 Å². The number of aromatic nitrogens is 1. The Morgan fingerprint density at radius 3 is 2.69 bits per heavy atom. The van der Waals surface area contributed by atoms with E-state index in [2.05, 4.69) is 20.9 Å². The molecule has 3 nitrogen and oxygen atoms in total. The highest BCUT2D eigenvalue weighted by molar-refractivity contribution is 9.10. The van der Waals surface area contributed by atoms with Crippen LogP contribution < -0.4 is 10.5 Å². The number of hydrogen-bond acceptors (Lipinski definition) is 3. The maximum Gasteiger partial charge on any atom is 0.219 e. The van der Waals surface area contributed by atoms with E-state index in [0.29, 0.717) is 17.3 Å². The minimum absolute atomic E-state index is 0.301. The average molecular weight is 283 g/mol. The first-order valence-electron chi connectivity index (χ1n) is 4.49.